The van der Waals surface area contributed by atoms with Crippen molar-refractivity contribution in [2.45, 2.75) is 19.5 Å². The SMILES string of the molecule is CCN(CCCN)c1nnc(C(F)(F)F)s1. The summed E-state index contributed by atoms with van der Waals surface area (Å²) >= 11 is 0.561. The minimum absolute atomic E-state index is 0.295. The normalized spacial score (nSPS) is 11.8. The van der Waals surface area contributed by atoms with Gasteiger partial charge in [0.05, 0.1) is 0 Å². The third-order valence-electron chi connectivity index (χ3n) is 1.94. The summed E-state index contributed by atoms with van der Waals surface area (Å²) in [6, 6.07) is 0. The second-order valence-electron chi connectivity index (χ2n) is 3.11. The fourth-order valence-electron chi connectivity index (χ4n) is 1.13. The molecule has 1 heterocycles. The van der Waals surface area contributed by atoms with Gasteiger partial charge in [0.1, 0.15) is 0 Å². The fraction of sp³-hybridized carbons (Fsp3) is 0.750. The van der Waals surface area contributed by atoms with E-state index in [2.05, 4.69) is 10.2 Å². The highest BCUT2D eigenvalue weighted by Crippen LogP contribution is 2.34. The number of hydrogen-bond donors (Lipinski definition) is 1. The van der Waals surface area contributed by atoms with Crippen LogP contribution in [0.4, 0.5) is 18.3 Å². The van der Waals surface area contributed by atoms with Gasteiger partial charge in [-0.3, -0.25) is 0 Å². The third kappa shape index (κ3) is 3.31. The van der Waals surface area contributed by atoms with Gasteiger partial charge in [0.25, 0.3) is 0 Å². The van der Waals surface area contributed by atoms with Crippen molar-refractivity contribution in [1.82, 2.24) is 10.2 Å². The smallest absolute Gasteiger partial charge is 0.347 e. The first-order chi connectivity index (χ1) is 7.49. The van der Waals surface area contributed by atoms with E-state index >= 15 is 0 Å². The molecule has 0 saturated carbocycles. The monoisotopic (exact) mass is 254 g/mol. The van der Waals surface area contributed by atoms with Crippen LogP contribution >= 0.6 is 11.3 Å². The van der Waals surface area contributed by atoms with Crippen LogP contribution in [0.3, 0.4) is 0 Å². The molecule has 0 saturated heterocycles. The van der Waals surface area contributed by atoms with Crippen molar-refractivity contribution in [1.29, 1.82) is 0 Å². The van der Waals surface area contributed by atoms with Crippen LogP contribution in [-0.2, 0) is 6.18 Å². The molecular weight excluding hydrogens is 241 g/mol. The highest BCUT2D eigenvalue weighted by molar-refractivity contribution is 7.15. The summed E-state index contributed by atoms with van der Waals surface area (Å²) in [4.78, 5) is 1.74. The lowest BCUT2D eigenvalue weighted by molar-refractivity contribution is -0.138. The molecule has 0 fully saturated rings. The summed E-state index contributed by atoms with van der Waals surface area (Å²) in [5.41, 5.74) is 5.34. The number of anilines is 1. The van der Waals surface area contributed by atoms with Crippen molar-refractivity contribution >= 4 is 16.5 Å². The number of nitrogens with zero attached hydrogens (tertiary/aromatic N) is 3. The Balaban J connectivity index is 2.75. The second kappa shape index (κ2) is 5.44. The lowest BCUT2D eigenvalue weighted by Crippen LogP contribution is -2.25. The molecule has 0 bridgehead atoms. The fourth-order valence-corrected chi connectivity index (χ4v) is 1.93. The topological polar surface area (TPSA) is 55.0 Å². The second-order valence-corrected chi connectivity index (χ2v) is 4.07. The lowest BCUT2D eigenvalue weighted by Gasteiger charge is -2.18. The Hall–Kier alpha value is -0.890. The molecule has 1 aromatic rings. The number of alkyl halides is 3. The summed E-state index contributed by atoms with van der Waals surface area (Å²) in [6.45, 7) is 3.54. The lowest BCUT2D eigenvalue weighted by atomic mass is 10.4. The van der Waals surface area contributed by atoms with Gasteiger partial charge < -0.3 is 10.6 Å². The van der Waals surface area contributed by atoms with Crippen LogP contribution in [0.1, 0.15) is 18.4 Å². The number of aromatic nitrogens is 2. The Kier molecular flexibility index (Phi) is 4.48. The van der Waals surface area contributed by atoms with Crippen LogP contribution in [-0.4, -0.2) is 29.8 Å². The molecule has 0 amide bonds. The van der Waals surface area contributed by atoms with E-state index in [0.29, 0.717) is 36.1 Å². The largest absolute Gasteiger partial charge is 0.445 e. The van der Waals surface area contributed by atoms with E-state index in [1.54, 1.807) is 4.90 Å². The van der Waals surface area contributed by atoms with E-state index in [4.69, 9.17) is 5.73 Å². The molecule has 92 valence electrons. The number of nitrogens with two attached hydrogens (primary N) is 1. The summed E-state index contributed by atoms with van der Waals surface area (Å²) in [6.07, 6.45) is -3.70. The average molecular weight is 254 g/mol. The molecule has 16 heavy (non-hydrogen) atoms. The van der Waals surface area contributed by atoms with Crippen LogP contribution in [0, 0.1) is 0 Å². The summed E-state index contributed by atoms with van der Waals surface area (Å²) in [5.74, 6) is 0. The van der Waals surface area contributed by atoms with Crippen molar-refractivity contribution in [2.24, 2.45) is 5.73 Å². The maximum absolute atomic E-state index is 12.3. The van der Waals surface area contributed by atoms with E-state index < -0.39 is 11.2 Å². The van der Waals surface area contributed by atoms with E-state index in [1.165, 1.54) is 0 Å². The van der Waals surface area contributed by atoms with Gasteiger partial charge in [-0.15, -0.1) is 10.2 Å². The number of halogens is 3. The maximum atomic E-state index is 12.3. The molecule has 0 aliphatic carbocycles. The third-order valence-corrected chi connectivity index (χ3v) is 2.97. The predicted molar refractivity (Wildman–Crippen MR) is 56.5 cm³/mol. The van der Waals surface area contributed by atoms with Crippen molar-refractivity contribution in [3.05, 3.63) is 5.01 Å². The standard InChI is InChI=1S/C8H13F3N4S/c1-2-15(5-3-4-12)7-14-13-6(16-7)8(9,10)11/h2-5,12H2,1H3. The van der Waals surface area contributed by atoms with E-state index in [0.717, 1.165) is 6.42 Å². The molecule has 0 spiro atoms. The molecule has 1 aromatic heterocycles. The Labute approximate surface area is 95.3 Å². The van der Waals surface area contributed by atoms with E-state index in [9.17, 15) is 13.2 Å². The van der Waals surface area contributed by atoms with Gasteiger partial charge in [-0.2, -0.15) is 13.2 Å². The Morgan fingerprint density at radius 2 is 2.06 bits per heavy atom. The van der Waals surface area contributed by atoms with Crippen LogP contribution < -0.4 is 10.6 Å². The quantitative estimate of drug-likeness (QED) is 0.869. The van der Waals surface area contributed by atoms with Crippen molar-refractivity contribution in [3.8, 4) is 0 Å². The van der Waals surface area contributed by atoms with Crippen LogP contribution in [0.25, 0.3) is 0 Å². The van der Waals surface area contributed by atoms with Gasteiger partial charge in [0, 0.05) is 13.1 Å². The maximum Gasteiger partial charge on any atom is 0.445 e. The molecule has 0 radical (unpaired) electrons. The van der Waals surface area contributed by atoms with E-state index in [-0.39, 0.29) is 0 Å². The van der Waals surface area contributed by atoms with Crippen LogP contribution in [0.2, 0.25) is 0 Å². The van der Waals surface area contributed by atoms with Crippen molar-refractivity contribution in [2.75, 3.05) is 24.5 Å². The zero-order chi connectivity index (χ0) is 12.2. The average Bonchev–Trinajstić information content (AvgIpc) is 2.68. The molecule has 8 heteroatoms. The first kappa shape index (κ1) is 13.2. The van der Waals surface area contributed by atoms with Gasteiger partial charge in [0.2, 0.25) is 10.1 Å². The van der Waals surface area contributed by atoms with Crippen molar-refractivity contribution < 1.29 is 13.2 Å². The predicted octanol–water partition coefficient (Wildman–Crippen LogP) is 1.73. The van der Waals surface area contributed by atoms with Gasteiger partial charge in [0.15, 0.2) is 0 Å². The van der Waals surface area contributed by atoms with Gasteiger partial charge in [-0.05, 0) is 19.9 Å². The van der Waals surface area contributed by atoms with Gasteiger partial charge >= 0.3 is 6.18 Å². The highest BCUT2D eigenvalue weighted by atomic mass is 32.1. The Morgan fingerprint density at radius 1 is 1.38 bits per heavy atom. The molecule has 4 nitrogen and oxygen atoms in total. The molecule has 0 aromatic carbocycles. The van der Waals surface area contributed by atoms with Crippen LogP contribution in [0.5, 0.6) is 0 Å². The van der Waals surface area contributed by atoms with Crippen LogP contribution in [0.15, 0.2) is 0 Å². The van der Waals surface area contributed by atoms with Gasteiger partial charge in [-0.1, -0.05) is 11.3 Å². The molecular formula is C8H13F3N4S. The number of hydrogen-bond acceptors (Lipinski definition) is 5. The molecule has 2 N–H and O–H groups in total. The van der Waals surface area contributed by atoms with Crippen molar-refractivity contribution in [3.63, 3.8) is 0 Å². The first-order valence-corrected chi connectivity index (χ1v) is 5.66. The zero-order valence-electron chi connectivity index (χ0n) is 8.79. The summed E-state index contributed by atoms with van der Waals surface area (Å²) < 4.78 is 36.9. The summed E-state index contributed by atoms with van der Waals surface area (Å²) in [5, 5.41) is 6.06. The molecule has 0 aliphatic rings. The minimum atomic E-state index is -4.41. The molecule has 0 unspecified atom stereocenters. The van der Waals surface area contributed by atoms with Gasteiger partial charge in [-0.25, -0.2) is 0 Å². The highest BCUT2D eigenvalue weighted by Gasteiger charge is 2.36. The Morgan fingerprint density at radius 3 is 2.50 bits per heavy atom. The Bertz CT molecular complexity index is 325. The molecule has 0 atom stereocenters. The summed E-state index contributed by atoms with van der Waals surface area (Å²) in [7, 11) is 0. The minimum Gasteiger partial charge on any atom is -0.347 e. The first-order valence-electron chi connectivity index (χ1n) is 4.84. The zero-order valence-corrected chi connectivity index (χ0v) is 9.61. The number of rotatable bonds is 5. The molecule has 1 rings (SSSR count). The molecule has 0 aliphatic heterocycles. The van der Waals surface area contributed by atoms with E-state index in [1.807, 2.05) is 6.92 Å².